The minimum absolute atomic E-state index is 0.0393. The van der Waals surface area contributed by atoms with Crippen LogP contribution in [0.3, 0.4) is 0 Å². The van der Waals surface area contributed by atoms with Gasteiger partial charge in [-0.2, -0.15) is 0 Å². The van der Waals surface area contributed by atoms with Crippen LogP contribution in [0.15, 0.2) is 34.7 Å². The van der Waals surface area contributed by atoms with Crippen LogP contribution in [0.2, 0.25) is 0 Å². The molecule has 0 spiro atoms. The highest BCUT2D eigenvalue weighted by Gasteiger charge is 2.15. The molecule has 1 aromatic heterocycles. The van der Waals surface area contributed by atoms with E-state index in [1.165, 1.54) is 12.1 Å². The summed E-state index contributed by atoms with van der Waals surface area (Å²) in [6.07, 6.45) is 0. The second-order valence-electron chi connectivity index (χ2n) is 4.36. The minimum atomic E-state index is -1.08. The number of carboxylic acid groups (broad SMARTS) is 1. The molecule has 0 fully saturated rings. The van der Waals surface area contributed by atoms with Gasteiger partial charge in [-0.05, 0) is 37.3 Å². The van der Waals surface area contributed by atoms with Crippen LogP contribution in [-0.2, 0) is 6.54 Å². The normalized spacial score (nSPS) is 10.5. The van der Waals surface area contributed by atoms with Crippen molar-refractivity contribution in [1.29, 1.82) is 0 Å². The van der Waals surface area contributed by atoms with Crippen molar-refractivity contribution in [2.24, 2.45) is 0 Å². The van der Waals surface area contributed by atoms with Crippen LogP contribution < -0.4 is 4.90 Å². The molecule has 0 unspecified atom stereocenters. The van der Waals surface area contributed by atoms with Gasteiger partial charge in [-0.3, -0.25) is 0 Å². The Balaban J connectivity index is 2.14. The van der Waals surface area contributed by atoms with E-state index in [1.807, 2.05) is 11.9 Å². The zero-order chi connectivity index (χ0) is 14.0. The average molecular weight is 263 g/mol. The minimum Gasteiger partial charge on any atom is -0.475 e. The smallest absolute Gasteiger partial charge is 0.372 e. The summed E-state index contributed by atoms with van der Waals surface area (Å²) in [4.78, 5) is 12.7. The van der Waals surface area contributed by atoms with Gasteiger partial charge >= 0.3 is 5.97 Å². The lowest BCUT2D eigenvalue weighted by molar-refractivity contribution is 0.0659. The lowest BCUT2D eigenvalue weighted by Crippen LogP contribution is -2.15. The highest BCUT2D eigenvalue weighted by Crippen LogP contribution is 2.19. The molecule has 5 heteroatoms. The van der Waals surface area contributed by atoms with Crippen LogP contribution >= 0.6 is 0 Å². The van der Waals surface area contributed by atoms with Crippen molar-refractivity contribution < 1.29 is 18.7 Å². The van der Waals surface area contributed by atoms with Crippen molar-refractivity contribution in [2.75, 3.05) is 11.9 Å². The number of carbonyl (C=O) groups is 1. The van der Waals surface area contributed by atoms with E-state index < -0.39 is 5.97 Å². The number of furan rings is 1. The van der Waals surface area contributed by atoms with Gasteiger partial charge in [-0.1, -0.05) is 0 Å². The third-order valence-electron chi connectivity index (χ3n) is 2.82. The second-order valence-corrected chi connectivity index (χ2v) is 4.36. The molecule has 19 heavy (non-hydrogen) atoms. The Hall–Kier alpha value is -2.30. The Morgan fingerprint density at radius 2 is 2.00 bits per heavy atom. The van der Waals surface area contributed by atoms with Gasteiger partial charge in [0.05, 0.1) is 6.54 Å². The first-order valence-electron chi connectivity index (χ1n) is 5.76. The molecule has 0 saturated carbocycles. The second kappa shape index (κ2) is 5.14. The van der Waals surface area contributed by atoms with E-state index in [1.54, 1.807) is 25.1 Å². The molecular weight excluding hydrogens is 249 g/mol. The lowest BCUT2D eigenvalue weighted by atomic mass is 10.2. The van der Waals surface area contributed by atoms with Gasteiger partial charge in [0.1, 0.15) is 11.6 Å². The van der Waals surface area contributed by atoms with Crippen molar-refractivity contribution in [2.45, 2.75) is 13.5 Å². The topological polar surface area (TPSA) is 53.7 Å². The van der Waals surface area contributed by atoms with E-state index in [0.717, 1.165) is 5.69 Å². The molecule has 0 bridgehead atoms. The zero-order valence-electron chi connectivity index (χ0n) is 10.7. The van der Waals surface area contributed by atoms with Gasteiger partial charge in [-0.15, -0.1) is 0 Å². The highest BCUT2D eigenvalue weighted by molar-refractivity contribution is 5.86. The number of halogens is 1. The summed E-state index contributed by atoms with van der Waals surface area (Å²) in [5, 5.41) is 8.91. The van der Waals surface area contributed by atoms with Crippen LogP contribution in [0.4, 0.5) is 10.1 Å². The molecule has 2 rings (SSSR count). The Morgan fingerprint density at radius 1 is 1.37 bits per heavy atom. The third kappa shape index (κ3) is 2.93. The number of anilines is 1. The molecule has 0 aliphatic rings. The summed E-state index contributed by atoms with van der Waals surface area (Å²) >= 11 is 0. The monoisotopic (exact) mass is 263 g/mol. The average Bonchev–Trinajstić information content (AvgIpc) is 2.71. The van der Waals surface area contributed by atoms with Crippen molar-refractivity contribution >= 4 is 11.7 Å². The fraction of sp³-hybridized carbons (Fsp3) is 0.214. The van der Waals surface area contributed by atoms with E-state index >= 15 is 0 Å². The van der Waals surface area contributed by atoms with Gasteiger partial charge in [0, 0.05) is 18.3 Å². The predicted molar refractivity (Wildman–Crippen MR) is 68.9 cm³/mol. The molecule has 0 saturated heterocycles. The van der Waals surface area contributed by atoms with E-state index in [-0.39, 0.29) is 11.6 Å². The predicted octanol–water partition coefficient (Wildman–Crippen LogP) is 3.06. The summed E-state index contributed by atoms with van der Waals surface area (Å²) in [6.45, 7) is 2.11. The van der Waals surface area contributed by atoms with Crippen molar-refractivity contribution in [3.63, 3.8) is 0 Å². The van der Waals surface area contributed by atoms with Crippen molar-refractivity contribution in [3.8, 4) is 0 Å². The van der Waals surface area contributed by atoms with Crippen molar-refractivity contribution in [1.82, 2.24) is 0 Å². The van der Waals surface area contributed by atoms with Crippen molar-refractivity contribution in [3.05, 3.63) is 53.2 Å². The third-order valence-corrected chi connectivity index (χ3v) is 2.82. The molecule has 1 heterocycles. The first-order valence-corrected chi connectivity index (χ1v) is 5.76. The number of hydrogen-bond acceptors (Lipinski definition) is 3. The first kappa shape index (κ1) is 13.1. The maximum Gasteiger partial charge on any atom is 0.372 e. The Labute approximate surface area is 110 Å². The van der Waals surface area contributed by atoms with Gasteiger partial charge in [-0.25, -0.2) is 9.18 Å². The van der Waals surface area contributed by atoms with Crippen LogP contribution in [0.1, 0.15) is 21.9 Å². The SMILES string of the molecule is Cc1cc(CN(C)c2ccc(F)cc2)oc1C(=O)O. The maximum atomic E-state index is 12.8. The maximum absolute atomic E-state index is 12.8. The number of nitrogens with zero attached hydrogens (tertiary/aromatic N) is 1. The molecule has 0 aliphatic heterocycles. The number of rotatable bonds is 4. The largest absolute Gasteiger partial charge is 0.475 e. The molecule has 4 nitrogen and oxygen atoms in total. The summed E-state index contributed by atoms with van der Waals surface area (Å²) in [5.41, 5.74) is 1.42. The molecule has 100 valence electrons. The Morgan fingerprint density at radius 3 is 2.53 bits per heavy atom. The molecule has 1 aromatic carbocycles. The van der Waals surface area contributed by atoms with Crippen LogP contribution in [0.25, 0.3) is 0 Å². The van der Waals surface area contributed by atoms with Gasteiger partial charge in [0.2, 0.25) is 5.76 Å². The van der Waals surface area contributed by atoms with E-state index in [0.29, 0.717) is 17.9 Å². The van der Waals surface area contributed by atoms with E-state index in [9.17, 15) is 9.18 Å². The van der Waals surface area contributed by atoms with Gasteiger partial charge in [0.15, 0.2) is 0 Å². The summed E-state index contributed by atoms with van der Waals surface area (Å²) in [5.74, 6) is -0.850. The van der Waals surface area contributed by atoms with Crippen LogP contribution in [0.5, 0.6) is 0 Å². The molecular formula is C14H14FNO3. The van der Waals surface area contributed by atoms with Crippen LogP contribution in [0, 0.1) is 12.7 Å². The summed E-state index contributed by atoms with van der Waals surface area (Å²) in [6, 6.07) is 7.76. The lowest BCUT2D eigenvalue weighted by Gasteiger charge is -2.17. The summed E-state index contributed by atoms with van der Waals surface area (Å²) in [7, 11) is 1.82. The molecule has 2 aromatic rings. The fourth-order valence-corrected chi connectivity index (χ4v) is 1.86. The van der Waals surface area contributed by atoms with Crippen LogP contribution in [-0.4, -0.2) is 18.1 Å². The summed E-state index contributed by atoms with van der Waals surface area (Å²) < 4.78 is 18.1. The Bertz CT molecular complexity index is 589. The standard InChI is InChI=1S/C14H14FNO3/c1-9-7-12(19-13(9)14(17)18)8-16(2)11-5-3-10(15)4-6-11/h3-7H,8H2,1-2H3,(H,17,18). The van der Waals surface area contributed by atoms with Gasteiger partial charge in [0.25, 0.3) is 0 Å². The number of aryl methyl sites for hydroxylation is 1. The van der Waals surface area contributed by atoms with E-state index in [2.05, 4.69) is 0 Å². The molecule has 1 N–H and O–H groups in total. The Kier molecular flexibility index (Phi) is 3.55. The number of carboxylic acids is 1. The molecule has 0 amide bonds. The molecule has 0 atom stereocenters. The number of hydrogen-bond donors (Lipinski definition) is 1. The number of aromatic carboxylic acids is 1. The zero-order valence-corrected chi connectivity index (χ0v) is 10.7. The quantitative estimate of drug-likeness (QED) is 0.921. The first-order chi connectivity index (χ1) is 8.97. The molecule has 0 radical (unpaired) electrons. The molecule has 0 aliphatic carbocycles. The highest BCUT2D eigenvalue weighted by atomic mass is 19.1. The van der Waals surface area contributed by atoms with Gasteiger partial charge < -0.3 is 14.4 Å². The number of benzene rings is 1. The fourth-order valence-electron chi connectivity index (χ4n) is 1.86. The van der Waals surface area contributed by atoms with E-state index in [4.69, 9.17) is 9.52 Å².